The molecule has 0 radical (unpaired) electrons. The highest BCUT2D eigenvalue weighted by Gasteiger charge is 2.14. The lowest BCUT2D eigenvalue weighted by atomic mass is 10.3. The molecule has 0 bridgehead atoms. The Bertz CT molecular complexity index is 372. The van der Waals surface area contributed by atoms with Crippen LogP contribution in [0.25, 0.3) is 0 Å². The predicted molar refractivity (Wildman–Crippen MR) is 53.4 cm³/mol. The van der Waals surface area contributed by atoms with Crippen molar-refractivity contribution in [1.29, 1.82) is 0 Å². The van der Waals surface area contributed by atoms with E-state index >= 15 is 0 Å². The van der Waals surface area contributed by atoms with Crippen molar-refractivity contribution in [2.75, 3.05) is 6.54 Å². The number of nitrogens with two attached hydrogens (primary N) is 1. The van der Waals surface area contributed by atoms with Gasteiger partial charge in [-0.2, -0.15) is 0 Å². The molecule has 1 heterocycles. The Morgan fingerprint density at radius 3 is 2.80 bits per heavy atom. The number of carboxylic acids is 1. The number of rotatable bonds is 4. The minimum Gasteiger partial charge on any atom is -0.480 e. The van der Waals surface area contributed by atoms with Crippen molar-refractivity contribution in [2.24, 2.45) is 12.8 Å². The van der Waals surface area contributed by atoms with Crippen molar-refractivity contribution in [2.45, 2.75) is 6.04 Å². The smallest absolute Gasteiger partial charge is 0.322 e. The third kappa shape index (κ3) is 2.81. The van der Waals surface area contributed by atoms with Gasteiger partial charge in [-0.05, 0) is 12.1 Å². The van der Waals surface area contributed by atoms with Crippen LogP contribution in [0.2, 0.25) is 0 Å². The number of carbonyl (C=O) groups is 2. The zero-order valence-corrected chi connectivity index (χ0v) is 8.30. The Balaban J connectivity index is 2.51. The van der Waals surface area contributed by atoms with E-state index in [1.54, 1.807) is 29.9 Å². The first-order valence-corrected chi connectivity index (χ1v) is 4.40. The number of hydrogen-bond donors (Lipinski definition) is 3. The number of aliphatic carboxylic acids is 1. The van der Waals surface area contributed by atoms with E-state index < -0.39 is 12.0 Å². The van der Waals surface area contributed by atoms with E-state index in [-0.39, 0.29) is 12.5 Å². The Kier molecular flexibility index (Phi) is 3.46. The number of nitrogens with zero attached hydrogens (tertiary/aromatic N) is 1. The van der Waals surface area contributed by atoms with Crippen LogP contribution in [0, 0.1) is 0 Å². The molecule has 15 heavy (non-hydrogen) atoms. The normalized spacial score (nSPS) is 12.1. The van der Waals surface area contributed by atoms with Gasteiger partial charge in [0.25, 0.3) is 5.91 Å². The average Bonchev–Trinajstić information content (AvgIpc) is 2.60. The largest absolute Gasteiger partial charge is 0.480 e. The minimum absolute atomic E-state index is 0.0840. The summed E-state index contributed by atoms with van der Waals surface area (Å²) in [5.41, 5.74) is 5.70. The topological polar surface area (TPSA) is 97.4 Å². The highest BCUT2D eigenvalue weighted by Crippen LogP contribution is 1.98. The third-order valence-electron chi connectivity index (χ3n) is 1.98. The van der Waals surface area contributed by atoms with Crippen LogP contribution in [0.1, 0.15) is 10.5 Å². The zero-order chi connectivity index (χ0) is 11.4. The van der Waals surface area contributed by atoms with E-state index in [1.807, 2.05) is 0 Å². The summed E-state index contributed by atoms with van der Waals surface area (Å²) in [4.78, 5) is 21.9. The van der Waals surface area contributed by atoms with Gasteiger partial charge >= 0.3 is 5.97 Å². The van der Waals surface area contributed by atoms with Gasteiger partial charge < -0.3 is 20.7 Å². The number of amides is 1. The fraction of sp³-hybridized carbons (Fsp3) is 0.333. The number of nitrogens with one attached hydrogen (secondary N) is 1. The molecule has 0 aromatic carbocycles. The molecule has 6 heteroatoms. The lowest BCUT2D eigenvalue weighted by Gasteiger charge is -2.08. The summed E-state index contributed by atoms with van der Waals surface area (Å²) >= 11 is 0. The second kappa shape index (κ2) is 4.61. The van der Waals surface area contributed by atoms with E-state index in [0.717, 1.165) is 0 Å². The number of hydrogen-bond acceptors (Lipinski definition) is 3. The molecular weight excluding hydrogens is 198 g/mol. The van der Waals surface area contributed by atoms with Crippen molar-refractivity contribution in [3.63, 3.8) is 0 Å². The fourth-order valence-electron chi connectivity index (χ4n) is 1.08. The van der Waals surface area contributed by atoms with Crippen LogP contribution in [-0.4, -0.2) is 34.1 Å². The molecule has 0 saturated heterocycles. The number of aryl methyl sites for hydroxylation is 1. The predicted octanol–water partition coefficient (Wildman–Crippen LogP) is -0.833. The molecule has 0 spiro atoms. The Morgan fingerprint density at radius 2 is 2.33 bits per heavy atom. The number of carboxylic acid groups (broad SMARTS) is 1. The van der Waals surface area contributed by atoms with Gasteiger partial charge in [-0.25, -0.2) is 0 Å². The summed E-state index contributed by atoms with van der Waals surface area (Å²) in [7, 11) is 1.73. The Labute approximate surface area is 86.7 Å². The van der Waals surface area contributed by atoms with Crippen LogP contribution in [0.5, 0.6) is 0 Å². The first-order chi connectivity index (χ1) is 7.02. The Morgan fingerprint density at radius 1 is 1.67 bits per heavy atom. The second-order valence-electron chi connectivity index (χ2n) is 3.16. The summed E-state index contributed by atoms with van der Waals surface area (Å²) in [6.07, 6.45) is 1.73. The molecule has 1 rings (SSSR count). The van der Waals surface area contributed by atoms with Gasteiger partial charge in [0.15, 0.2) is 0 Å². The summed E-state index contributed by atoms with van der Waals surface area (Å²) in [5, 5.41) is 10.9. The maximum Gasteiger partial charge on any atom is 0.322 e. The van der Waals surface area contributed by atoms with E-state index in [0.29, 0.717) is 5.69 Å². The van der Waals surface area contributed by atoms with Crippen molar-refractivity contribution in [3.8, 4) is 0 Å². The lowest BCUT2D eigenvalue weighted by molar-refractivity contribution is -0.138. The summed E-state index contributed by atoms with van der Waals surface area (Å²) in [6, 6.07) is 2.29. The van der Waals surface area contributed by atoms with E-state index in [4.69, 9.17) is 10.8 Å². The molecule has 1 amide bonds. The monoisotopic (exact) mass is 211 g/mol. The highest BCUT2D eigenvalue weighted by molar-refractivity contribution is 5.93. The first kappa shape index (κ1) is 11.3. The molecule has 0 aliphatic carbocycles. The van der Waals surface area contributed by atoms with Gasteiger partial charge in [-0.15, -0.1) is 0 Å². The summed E-state index contributed by atoms with van der Waals surface area (Å²) in [5.74, 6) is -1.47. The fourth-order valence-corrected chi connectivity index (χ4v) is 1.08. The summed E-state index contributed by atoms with van der Waals surface area (Å²) < 4.78 is 1.64. The van der Waals surface area contributed by atoms with Crippen molar-refractivity contribution in [1.82, 2.24) is 9.88 Å². The SMILES string of the molecule is Cn1cccc1C(=O)NC[C@H](N)C(=O)O. The van der Waals surface area contributed by atoms with Gasteiger partial charge in [0.2, 0.25) is 0 Å². The van der Waals surface area contributed by atoms with Gasteiger partial charge in [0.05, 0.1) is 0 Å². The molecule has 0 saturated carbocycles. The molecule has 0 fully saturated rings. The molecule has 1 aromatic rings. The van der Waals surface area contributed by atoms with Crippen LogP contribution in [0.3, 0.4) is 0 Å². The quantitative estimate of drug-likeness (QED) is 0.605. The minimum atomic E-state index is -1.14. The number of aromatic nitrogens is 1. The van der Waals surface area contributed by atoms with Crippen molar-refractivity contribution < 1.29 is 14.7 Å². The second-order valence-corrected chi connectivity index (χ2v) is 3.16. The lowest BCUT2D eigenvalue weighted by Crippen LogP contribution is -2.42. The third-order valence-corrected chi connectivity index (χ3v) is 1.98. The van der Waals surface area contributed by atoms with Crippen LogP contribution in [0.4, 0.5) is 0 Å². The first-order valence-electron chi connectivity index (χ1n) is 4.40. The Hall–Kier alpha value is -1.82. The molecular formula is C9H13N3O3. The van der Waals surface area contributed by atoms with Gasteiger partial charge in [-0.3, -0.25) is 9.59 Å². The molecule has 1 aromatic heterocycles. The maximum absolute atomic E-state index is 11.5. The number of carbonyl (C=O) groups excluding carboxylic acids is 1. The standard InChI is InChI=1S/C9H13N3O3/c1-12-4-2-3-7(12)8(13)11-5-6(10)9(14)15/h2-4,6H,5,10H2,1H3,(H,11,13)(H,14,15)/t6-/m0/s1. The molecule has 0 aliphatic rings. The van der Waals surface area contributed by atoms with Crippen molar-refractivity contribution >= 4 is 11.9 Å². The van der Waals surface area contributed by atoms with E-state index in [1.165, 1.54) is 0 Å². The van der Waals surface area contributed by atoms with Crippen LogP contribution in [-0.2, 0) is 11.8 Å². The molecule has 0 aliphatic heterocycles. The average molecular weight is 211 g/mol. The van der Waals surface area contributed by atoms with Crippen LogP contribution < -0.4 is 11.1 Å². The maximum atomic E-state index is 11.5. The molecule has 4 N–H and O–H groups in total. The molecule has 6 nitrogen and oxygen atoms in total. The highest BCUT2D eigenvalue weighted by atomic mass is 16.4. The van der Waals surface area contributed by atoms with Gasteiger partial charge in [-0.1, -0.05) is 0 Å². The zero-order valence-electron chi connectivity index (χ0n) is 8.30. The molecule has 0 unspecified atom stereocenters. The van der Waals surface area contributed by atoms with Gasteiger partial charge in [0.1, 0.15) is 11.7 Å². The molecule has 82 valence electrons. The molecule has 1 atom stereocenters. The van der Waals surface area contributed by atoms with Crippen LogP contribution >= 0.6 is 0 Å². The van der Waals surface area contributed by atoms with Crippen LogP contribution in [0.15, 0.2) is 18.3 Å². The summed E-state index contributed by atoms with van der Waals surface area (Å²) in [6.45, 7) is -0.0840. The van der Waals surface area contributed by atoms with Gasteiger partial charge in [0, 0.05) is 19.8 Å². The van der Waals surface area contributed by atoms with E-state index in [2.05, 4.69) is 5.32 Å². The van der Waals surface area contributed by atoms with Crippen molar-refractivity contribution in [3.05, 3.63) is 24.0 Å². The van der Waals surface area contributed by atoms with E-state index in [9.17, 15) is 9.59 Å².